The van der Waals surface area contributed by atoms with Gasteiger partial charge in [-0.05, 0) is 25.0 Å². The largest absolute Gasteiger partial charge is 0.465 e. The maximum atomic E-state index is 12.0. The number of methoxy groups -OCH3 is 1. The highest BCUT2D eigenvalue weighted by Crippen LogP contribution is 2.33. The van der Waals surface area contributed by atoms with Crippen LogP contribution in [0.25, 0.3) is 0 Å². The Balaban J connectivity index is 3.23. The van der Waals surface area contributed by atoms with Gasteiger partial charge >= 0.3 is 5.97 Å². The Morgan fingerprint density at radius 3 is 2.29 bits per heavy atom. The van der Waals surface area contributed by atoms with E-state index in [2.05, 4.69) is 18.7 Å². The summed E-state index contributed by atoms with van der Waals surface area (Å²) in [6.45, 7) is 6.02. The Hall–Kier alpha value is -1.42. The molecule has 1 aromatic rings. The molecular weight excluding hydrogens is 288 g/mol. The van der Waals surface area contributed by atoms with Crippen LogP contribution < -0.4 is 10.6 Å². The second-order valence-corrected chi connectivity index (χ2v) is 5.49. The minimum absolute atomic E-state index is 0.405. The first-order chi connectivity index (χ1) is 10.0. The Morgan fingerprint density at radius 1 is 1.24 bits per heavy atom. The van der Waals surface area contributed by atoms with Gasteiger partial charge in [0.2, 0.25) is 0 Å². The second-order valence-electron chi connectivity index (χ2n) is 5.08. The third-order valence-corrected chi connectivity index (χ3v) is 3.66. The number of anilines is 2. The van der Waals surface area contributed by atoms with Crippen molar-refractivity contribution in [1.29, 1.82) is 0 Å². The Morgan fingerprint density at radius 2 is 1.81 bits per heavy atom. The fourth-order valence-electron chi connectivity index (χ4n) is 2.24. The van der Waals surface area contributed by atoms with E-state index in [4.69, 9.17) is 22.1 Å². The molecule has 21 heavy (non-hydrogen) atoms. The quantitative estimate of drug-likeness (QED) is 0.579. The zero-order chi connectivity index (χ0) is 15.8. The van der Waals surface area contributed by atoms with Crippen molar-refractivity contribution in [2.45, 2.75) is 39.5 Å². The summed E-state index contributed by atoms with van der Waals surface area (Å²) in [5, 5.41) is 0.502. The molecule has 0 spiro atoms. The molecule has 0 heterocycles. The van der Waals surface area contributed by atoms with E-state index in [1.807, 2.05) is 0 Å². The normalized spacial score (nSPS) is 10.5. The van der Waals surface area contributed by atoms with Crippen LogP contribution in [-0.2, 0) is 4.74 Å². The van der Waals surface area contributed by atoms with Gasteiger partial charge in [0.1, 0.15) is 0 Å². The number of carbonyl (C=O) groups is 1. The van der Waals surface area contributed by atoms with E-state index in [1.54, 1.807) is 12.1 Å². The predicted molar refractivity (Wildman–Crippen MR) is 89.2 cm³/mol. The molecule has 0 aromatic heterocycles. The number of benzene rings is 1. The molecule has 0 atom stereocenters. The summed E-state index contributed by atoms with van der Waals surface area (Å²) in [6.07, 6.45) is 4.27. The maximum absolute atomic E-state index is 12.0. The number of nitrogen functional groups attached to an aromatic ring is 1. The predicted octanol–water partition coefficient (Wildman–Crippen LogP) is 4.12. The van der Waals surface area contributed by atoms with E-state index >= 15 is 0 Å². The van der Waals surface area contributed by atoms with Gasteiger partial charge in [-0.25, -0.2) is 4.79 Å². The summed E-state index contributed by atoms with van der Waals surface area (Å²) >= 11 is 6.36. The molecule has 0 bridgehead atoms. The van der Waals surface area contributed by atoms with Crippen molar-refractivity contribution >= 4 is 28.9 Å². The lowest BCUT2D eigenvalue weighted by Gasteiger charge is -2.27. The first kappa shape index (κ1) is 17.6. The number of esters is 1. The summed E-state index contributed by atoms with van der Waals surface area (Å²) in [4.78, 5) is 14.2. The van der Waals surface area contributed by atoms with Gasteiger partial charge in [0.05, 0.1) is 23.4 Å². The number of nitrogens with two attached hydrogens (primary N) is 1. The smallest absolute Gasteiger partial charge is 0.340 e. The van der Waals surface area contributed by atoms with Crippen LogP contribution >= 0.6 is 11.6 Å². The number of unbranched alkanes of at least 4 members (excludes halogenated alkanes) is 2. The lowest BCUT2D eigenvalue weighted by Crippen LogP contribution is -2.28. The van der Waals surface area contributed by atoms with Gasteiger partial charge in [0.25, 0.3) is 0 Å². The standard InChI is InChI=1S/C16H25ClN2O2/c1-4-6-8-19(9-7-5-2)15-13(16(20)21-3)10-12(18)11-14(15)17/h10-11H,4-9,18H2,1-3H3. The molecule has 4 nitrogen and oxygen atoms in total. The Kier molecular flexibility index (Phi) is 7.37. The number of halogens is 1. The van der Waals surface area contributed by atoms with Crippen LogP contribution in [0, 0.1) is 0 Å². The molecule has 1 aromatic carbocycles. The lowest BCUT2D eigenvalue weighted by atomic mass is 10.1. The molecule has 118 valence electrons. The van der Waals surface area contributed by atoms with Gasteiger partial charge in [-0.15, -0.1) is 0 Å². The molecule has 5 heteroatoms. The van der Waals surface area contributed by atoms with Crippen LogP contribution in [0.5, 0.6) is 0 Å². The van der Waals surface area contributed by atoms with E-state index in [0.29, 0.717) is 16.3 Å². The summed E-state index contributed by atoms with van der Waals surface area (Å²) in [5.74, 6) is -0.405. The Bertz CT molecular complexity index is 470. The number of rotatable bonds is 8. The van der Waals surface area contributed by atoms with Gasteiger partial charge in [-0.3, -0.25) is 0 Å². The summed E-state index contributed by atoms with van der Waals surface area (Å²) in [6, 6.07) is 3.33. The lowest BCUT2D eigenvalue weighted by molar-refractivity contribution is 0.0601. The Labute approximate surface area is 132 Å². The van der Waals surface area contributed by atoms with E-state index in [-0.39, 0.29) is 0 Å². The maximum Gasteiger partial charge on any atom is 0.340 e. The van der Waals surface area contributed by atoms with Crippen LogP contribution in [0.3, 0.4) is 0 Å². The minimum atomic E-state index is -0.405. The first-order valence-electron chi connectivity index (χ1n) is 7.47. The molecule has 0 aliphatic heterocycles. The van der Waals surface area contributed by atoms with Crippen LogP contribution in [0.4, 0.5) is 11.4 Å². The number of nitrogens with zero attached hydrogens (tertiary/aromatic N) is 1. The fraction of sp³-hybridized carbons (Fsp3) is 0.562. The summed E-state index contributed by atoms with van der Waals surface area (Å²) in [7, 11) is 1.37. The van der Waals surface area contributed by atoms with Gasteiger partial charge < -0.3 is 15.4 Å². The van der Waals surface area contributed by atoms with Crippen molar-refractivity contribution in [2.75, 3.05) is 30.8 Å². The highest BCUT2D eigenvalue weighted by Gasteiger charge is 2.21. The van der Waals surface area contributed by atoms with Crippen molar-refractivity contribution in [2.24, 2.45) is 0 Å². The molecule has 0 amide bonds. The zero-order valence-electron chi connectivity index (χ0n) is 13.1. The number of hydrogen-bond acceptors (Lipinski definition) is 4. The average molecular weight is 313 g/mol. The van der Waals surface area contributed by atoms with Crippen molar-refractivity contribution in [3.8, 4) is 0 Å². The van der Waals surface area contributed by atoms with Gasteiger partial charge in [-0.2, -0.15) is 0 Å². The van der Waals surface area contributed by atoms with Crippen LogP contribution in [0.2, 0.25) is 5.02 Å². The SMILES string of the molecule is CCCCN(CCCC)c1c(Cl)cc(N)cc1C(=O)OC. The molecule has 0 aliphatic rings. The van der Waals surface area contributed by atoms with Crippen LogP contribution in [0.1, 0.15) is 49.9 Å². The van der Waals surface area contributed by atoms with Crippen molar-refractivity contribution < 1.29 is 9.53 Å². The molecular formula is C16H25ClN2O2. The van der Waals surface area contributed by atoms with Gasteiger partial charge in [0.15, 0.2) is 0 Å². The molecule has 0 aliphatic carbocycles. The van der Waals surface area contributed by atoms with Gasteiger partial charge in [0, 0.05) is 18.8 Å². The molecule has 0 radical (unpaired) electrons. The fourth-order valence-corrected chi connectivity index (χ4v) is 2.59. The van der Waals surface area contributed by atoms with E-state index in [0.717, 1.165) is 44.5 Å². The molecule has 0 saturated heterocycles. The average Bonchev–Trinajstić information content (AvgIpc) is 2.47. The zero-order valence-corrected chi connectivity index (χ0v) is 13.9. The van der Waals surface area contributed by atoms with E-state index < -0.39 is 5.97 Å². The molecule has 0 fully saturated rings. The van der Waals surface area contributed by atoms with Crippen molar-refractivity contribution in [3.05, 3.63) is 22.7 Å². The van der Waals surface area contributed by atoms with Crippen molar-refractivity contribution in [3.63, 3.8) is 0 Å². The second kappa shape index (κ2) is 8.78. The third kappa shape index (κ3) is 4.81. The summed E-state index contributed by atoms with van der Waals surface area (Å²) < 4.78 is 4.87. The monoisotopic (exact) mass is 312 g/mol. The van der Waals surface area contributed by atoms with Crippen LogP contribution in [0.15, 0.2) is 12.1 Å². The highest BCUT2D eigenvalue weighted by molar-refractivity contribution is 6.34. The van der Waals surface area contributed by atoms with E-state index in [9.17, 15) is 4.79 Å². The van der Waals surface area contributed by atoms with Crippen molar-refractivity contribution in [1.82, 2.24) is 0 Å². The molecule has 1 rings (SSSR count). The molecule has 2 N–H and O–H groups in total. The highest BCUT2D eigenvalue weighted by atomic mass is 35.5. The van der Waals surface area contributed by atoms with Gasteiger partial charge in [-0.1, -0.05) is 38.3 Å². The topological polar surface area (TPSA) is 55.6 Å². The van der Waals surface area contributed by atoms with E-state index in [1.165, 1.54) is 7.11 Å². The molecule has 0 saturated carbocycles. The first-order valence-corrected chi connectivity index (χ1v) is 7.85. The molecule has 0 unspecified atom stereocenters. The number of carbonyl (C=O) groups excluding carboxylic acids is 1. The minimum Gasteiger partial charge on any atom is -0.465 e. The number of ether oxygens (including phenoxy) is 1. The third-order valence-electron chi connectivity index (χ3n) is 3.37. The summed E-state index contributed by atoms with van der Waals surface area (Å²) in [5.41, 5.74) is 7.45. The number of hydrogen-bond donors (Lipinski definition) is 1. The van der Waals surface area contributed by atoms with Crippen LogP contribution in [-0.4, -0.2) is 26.2 Å².